The topological polar surface area (TPSA) is 36.4 Å². The molecule has 1 aromatic carbocycles. The van der Waals surface area contributed by atoms with E-state index in [4.69, 9.17) is 11.6 Å². The molecule has 110 valence electrons. The summed E-state index contributed by atoms with van der Waals surface area (Å²) in [4.78, 5) is 4.18. The molecule has 2 N–H and O–H groups in total. The van der Waals surface area contributed by atoms with Gasteiger partial charge in [0.25, 0.3) is 0 Å². The van der Waals surface area contributed by atoms with E-state index in [0.29, 0.717) is 10.6 Å². The maximum absolute atomic E-state index is 13.8. The Kier molecular flexibility index (Phi) is 5.24. The standard InChI is InChI=1S/C15H21ClFN3/c1-3-4-8-19-15(18-2)20-13-9-10(13)14-11(16)6-5-7-12(14)17/h5-7,10,13H,3-4,8-9H2,1-2H3,(H2,18,19,20). The molecular weight excluding hydrogens is 277 g/mol. The predicted molar refractivity (Wildman–Crippen MR) is 82.0 cm³/mol. The van der Waals surface area contributed by atoms with Gasteiger partial charge in [-0.05, 0) is 25.0 Å². The van der Waals surface area contributed by atoms with E-state index in [2.05, 4.69) is 22.5 Å². The number of hydrogen-bond acceptors (Lipinski definition) is 1. The van der Waals surface area contributed by atoms with E-state index in [9.17, 15) is 4.39 Å². The summed E-state index contributed by atoms with van der Waals surface area (Å²) in [6.07, 6.45) is 3.13. The molecule has 2 rings (SSSR count). The molecule has 1 aromatic rings. The summed E-state index contributed by atoms with van der Waals surface area (Å²) in [5.41, 5.74) is 0.621. The van der Waals surface area contributed by atoms with E-state index in [0.717, 1.165) is 31.8 Å². The third-order valence-electron chi connectivity index (χ3n) is 3.53. The quantitative estimate of drug-likeness (QED) is 0.497. The Morgan fingerprint density at radius 2 is 2.30 bits per heavy atom. The van der Waals surface area contributed by atoms with Gasteiger partial charge in [-0.25, -0.2) is 4.39 Å². The van der Waals surface area contributed by atoms with Crippen LogP contribution in [0.25, 0.3) is 0 Å². The van der Waals surface area contributed by atoms with Crippen LogP contribution in [0.1, 0.15) is 37.7 Å². The van der Waals surface area contributed by atoms with Crippen molar-refractivity contribution in [3.63, 3.8) is 0 Å². The maximum atomic E-state index is 13.8. The van der Waals surface area contributed by atoms with Gasteiger partial charge in [0.2, 0.25) is 0 Å². The van der Waals surface area contributed by atoms with Crippen molar-refractivity contribution in [2.45, 2.75) is 38.1 Å². The smallest absolute Gasteiger partial charge is 0.191 e. The lowest BCUT2D eigenvalue weighted by molar-refractivity contribution is 0.607. The van der Waals surface area contributed by atoms with Crippen LogP contribution in [0.2, 0.25) is 5.02 Å². The van der Waals surface area contributed by atoms with Crippen LogP contribution in [0.5, 0.6) is 0 Å². The van der Waals surface area contributed by atoms with Crippen molar-refractivity contribution in [2.75, 3.05) is 13.6 Å². The zero-order valence-electron chi connectivity index (χ0n) is 11.9. The van der Waals surface area contributed by atoms with Gasteiger partial charge in [0, 0.05) is 36.1 Å². The predicted octanol–water partition coefficient (Wildman–Crippen LogP) is 3.30. The van der Waals surface area contributed by atoms with Crippen molar-refractivity contribution < 1.29 is 4.39 Å². The van der Waals surface area contributed by atoms with Crippen molar-refractivity contribution in [2.24, 2.45) is 4.99 Å². The van der Waals surface area contributed by atoms with Gasteiger partial charge in [-0.15, -0.1) is 0 Å². The molecule has 0 aliphatic heterocycles. The first kappa shape index (κ1) is 15.1. The minimum Gasteiger partial charge on any atom is -0.356 e. The Morgan fingerprint density at radius 1 is 1.50 bits per heavy atom. The van der Waals surface area contributed by atoms with Crippen LogP contribution in [-0.4, -0.2) is 25.6 Å². The molecule has 0 radical (unpaired) electrons. The van der Waals surface area contributed by atoms with Crippen molar-refractivity contribution in [3.8, 4) is 0 Å². The minimum atomic E-state index is -0.222. The molecular formula is C15H21ClFN3. The van der Waals surface area contributed by atoms with Gasteiger partial charge in [0.05, 0.1) is 0 Å². The monoisotopic (exact) mass is 297 g/mol. The van der Waals surface area contributed by atoms with Gasteiger partial charge in [0.15, 0.2) is 5.96 Å². The average molecular weight is 298 g/mol. The number of halogens is 2. The summed E-state index contributed by atoms with van der Waals surface area (Å²) in [6.45, 7) is 3.04. The van der Waals surface area contributed by atoms with Crippen LogP contribution in [-0.2, 0) is 0 Å². The zero-order chi connectivity index (χ0) is 14.5. The molecule has 1 saturated carbocycles. The van der Waals surface area contributed by atoms with Crippen LogP contribution in [0.3, 0.4) is 0 Å². The Hall–Kier alpha value is -1.29. The Balaban J connectivity index is 1.91. The van der Waals surface area contributed by atoms with Crippen LogP contribution in [0, 0.1) is 5.82 Å². The molecule has 0 bridgehead atoms. The van der Waals surface area contributed by atoms with E-state index < -0.39 is 0 Å². The van der Waals surface area contributed by atoms with Crippen molar-refractivity contribution in [3.05, 3.63) is 34.6 Å². The van der Waals surface area contributed by atoms with Gasteiger partial charge in [-0.2, -0.15) is 0 Å². The highest BCUT2D eigenvalue weighted by Crippen LogP contribution is 2.44. The second-order valence-corrected chi connectivity index (χ2v) is 5.49. The summed E-state index contributed by atoms with van der Waals surface area (Å²) in [7, 11) is 1.74. The number of rotatable bonds is 5. The van der Waals surface area contributed by atoms with Crippen LogP contribution >= 0.6 is 11.6 Å². The fraction of sp³-hybridized carbons (Fsp3) is 0.533. The number of nitrogens with one attached hydrogen (secondary N) is 2. The fourth-order valence-corrected chi connectivity index (χ4v) is 2.60. The van der Waals surface area contributed by atoms with Gasteiger partial charge >= 0.3 is 0 Å². The molecule has 0 spiro atoms. The minimum absolute atomic E-state index is 0.133. The lowest BCUT2D eigenvalue weighted by atomic mass is 10.1. The molecule has 2 unspecified atom stereocenters. The van der Waals surface area contributed by atoms with Gasteiger partial charge in [0.1, 0.15) is 5.82 Å². The number of unbranched alkanes of at least 4 members (excludes halogenated alkanes) is 1. The maximum Gasteiger partial charge on any atom is 0.191 e. The number of benzene rings is 1. The molecule has 0 amide bonds. The first-order valence-electron chi connectivity index (χ1n) is 7.08. The van der Waals surface area contributed by atoms with Crippen molar-refractivity contribution >= 4 is 17.6 Å². The van der Waals surface area contributed by atoms with Gasteiger partial charge in [-0.1, -0.05) is 31.0 Å². The van der Waals surface area contributed by atoms with E-state index in [1.54, 1.807) is 19.2 Å². The number of hydrogen-bond donors (Lipinski definition) is 2. The molecule has 1 fully saturated rings. The highest BCUT2D eigenvalue weighted by Gasteiger charge is 2.41. The van der Waals surface area contributed by atoms with Gasteiger partial charge in [-0.3, -0.25) is 4.99 Å². The van der Waals surface area contributed by atoms with Crippen LogP contribution in [0.4, 0.5) is 4.39 Å². The second-order valence-electron chi connectivity index (χ2n) is 5.08. The van der Waals surface area contributed by atoms with Crippen molar-refractivity contribution in [1.29, 1.82) is 0 Å². The molecule has 0 heterocycles. The summed E-state index contributed by atoms with van der Waals surface area (Å²) >= 11 is 6.09. The molecule has 3 nitrogen and oxygen atoms in total. The van der Waals surface area contributed by atoms with E-state index in [1.165, 1.54) is 6.07 Å². The van der Waals surface area contributed by atoms with E-state index in [1.807, 2.05) is 0 Å². The molecule has 5 heteroatoms. The summed E-state index contributed by atoms with van der Waals surface area (Å²) < 4.78 is 13.8. The highest BCUT2D eigenvalue weighted by molar-refractivity contribution is 6.31. The molecule has 2 atom stereocenters. The van der Waals surface area contributed by atoms with E-state index >= 15 is 0 Å². The Labute approximate surface area is 124 Å². The molecule has 20 heavy (non-hydrogen) atoms. The molecule has 0 aromatic heterocycles. The number of aliphatic imine (C=N–C) groups is 1. The van der Waals surface area contributed by atoms with Crippen LogP contribution in [0.15, 0.2) is 23.2 Å². The largest absolute Gasteiger partial charge is 0.356 e. The third-order valence-corrected chi connectivity index (χ3v) is 3.86. The first-order chi connectivity index (χ1) is 9.67. The average Bonchev–Trinajstić information content (AvgIpc) is 3.16. The Morgan fingerprint density at radius 3 is 2.95 bits per heavy atom. The van der Waals surface area contributed by atoms with Gasteiger partial charge < -0.3 is 10.6 Å². The van der Waals surface area contributed by atoms with Crippen molar-refractivity contribution in [1.82, 2.24) is 10.6 Å². The van der Waals surface area contributed by atoms with E-state index in [-0.39, 0.29) is 17.8 Å². The lowest BCUT2D eigenvalue weighted by Crippen LogP contribution is -2.39. The first-order valence-corrected chi connectivity index (χ1v) is 7.46. The molecule has 0 saturated heterocycles. The lowest BCUT2D eigenvalue weighted by Gasteiger charge is -2.12. The van der Waals surface area contributed by atoms with Crippen LogP contribution < -0.4 is 10.6 Å². The summed E-state index contributed by atoms with van der Waals surface area (Å²) in [6, 6.07) is 5.04. The number of nitrogens with zero attached hydrogens (tertiary/aromatic N) is 1. The normalized spacial score (nSPS) is 21.7. The summed E-state index contributed by atoms with van der Waals surface area (Å²) in [5.74, 6) is 0.688. The SMILES string of the molecule is CCCCNC(=NC)NC1CC1c1c(F)cccc1Cl. The second kappa shape index (κ2) is 6.93. The number of guanidine groups is 1. The third kappa shape index (κ3) is 3.63. The zero-order valence-corrected chi connectivity index (χ0v) is 12.7. The highest BCUT2D eigenvalue weighted by atomic mass is 35.5. The molecule has 1 aliphatic carbocycles. The Bertz CT molecular complexity index is 470. The molecule has 1 aliphatic rings. The fourth-order valence-electron chi connectivity index (χ4n) is 2.29. The summed E-state index contributed by atoms with van der Waals surface area (Å²) in [5, 5.41) is 7.08.